The van der Waals surface area contributed by atoms with Crippen molar-refractivity contribution >= 4 is 43.6 Å². The van der Waals surface area contributed by atoms with Gasteiger partial charge < -0.3 is 0 Å². The molecule has 8 heteroatoms. The second kappa shape index (κ2) is 9.38. The standard InChI is InChI=1S/C18H18AsF3NO2S/c1-3-25-17(24)23-16-9-6-13(10-15(16)18(20,21)22)19-11-12-4-7-14(26-2)8-5-12/h4-10H,3,11H2,1-2H3,(H,23,24). The molecular formula is C18H18AsF3NO2S. The molecule has 0 aromatic heterocycles. The molecule has 1 radical (unpaired) electrons. The van der Waals surface area contributed by atoms with Gasteiger partial charge in [0.25, 0.3) is 0 Å². The fourth-order valence-electron chi connectivity index (χ4n) is 2.16. The predicted molar refractivity (Wildman–Crippen MR) is 99.4 cm³/mol. The first-order valence-corrected chi connectivity index (χ1v) is 11.3. The van der Waals surface area contributed by atoms with Crippen LogP contribution in [0.15, 0.2) is 47.4 Å². The normalized spacial score (nSPS) is 11.7. The average Bonchev–Trinajstić information content (AvgIpc) is 2.60. The number of alkyl halides is 3. The van der Waals surface area contributed by atoms with Crippen LogP contribution in [0.2, 0.25) is 0 Å². The van der Waals surface area contributed by atoms with Gasteiger partial charge in [-0.2, -0.15) is 0 Å². The third kappa shape index (κ3) is 5.99. The second-order valence-electron chi connectivity index (χ2n) is 5.24. The summed E-state index contributed by atoms with van der Waals surface area (Å²) in [6.07, 6.45) is -3.45. The number of hydrogen-bond acceptors (Lipinski definition) is 3. The molecular weight excluding hydrogens is 426 g/mol. The zero-order valence-corrected chi connectivity index (χ0v) is 17.0. The summed E-state index contributed by atoms with van der Waals surface area (Å²) in [5.41, 5.74) is -0.0357. The van der Waals surface area contributed by atoms with E-state index in [0.717, 1.165) is 21.7 Å². The van der Waals surface area contributed by atoms with Crippen LogP contribution in [0.4, 0.5) is 23.7 Å². The Hall–Kier alpha value is -1.59. The number of carbonyl (C=O) groups is 1. The monoisotopic (exact) mass is 444 g/mol. The molecule has 0 unspecified atom stereocenters. The Kier molecular flexibility index (Phi) is 7.47. The van der Waals surface area contributed by atoms with Crippen molar-refractivity contribution in [2.75, 3.05) is 18.2 Å². The minimum absolute atomic E-state index is 0.0886. The number of ether oxygens (including phenoxy) is 1. The van der Waals surface area contributed by atoms with Crippen LogP contribution in [0.5, 0.6) is 0 Å². The zero-order valence-electron chi connectivity index (χ0n) is 14.3. The van der Waals surface area contributed by atoms with Gasteiger partial charge in [-0.1, -0.05) is 0 Å². The van der Waals surface area contributed by atoms with E-state index in [-0.39, 0.29) is 12.3 Å². The van der Waals surface area contributed by atoms with Crippen molar-refractivity contribution in [2.24, 2.45) is 0 Å². The molecule has 0 aliphatic heterocycles. The molecule has 0 fully saturated rings. The second-order valence-corrected chi connectivity index (χ2v) is 8.53. The molecule has 0 saturated carbocycles. The number of rotatable bonds is 6. The van der Waals surface area contributed by atoms with Crippen molar-refractivity contribution in [3.8, 4) is 0 Å². The Labute approximate surface area is 161 Å². The maximum absolute atomic E-state index is 13.3. The molecule has 0 saturated heterocycles. The third-order valence-corrected chi connectivity index (χ3v) is 6.62. The molecule has 0 bridgehead atoms. The molecule has 0 atom stereocenters. The van der Waals surface area contributed by atoms with Gasteiger partial charge in [0.2, 0.25) is 0 Å². The van der Waals surface area contributed by atoms with Gasteiger partial charge in [-0.15, -0.1) is 0 Å². The molecule has 0 spiro atoms. The third-order valence-electron chi connectivity index (χ3n) is 3.42. The fourth-order valence-corrected chi connectivity index (χ4v) is 4.62. The van der Waals surface area contributed by atoms with E-state index < -0.39 is 33.6 Å². The van der Waals surface area contributed by atoms with Crippen LogP contribution in [0.3, 0.4) is 0 Å². The molecule has 139 valence electrons. The van der Waals surface area contributed by atoms with Crippen molar-refractivity contribution < 1.29 is 22.7 Å². The Morgan fingerprint density at radius 2 is 1.88 bits per heavy atom. The fraction of sp³-hybridized carbons (Fsp3) is 0.278. The summed E-state index contributed by atoms with van der Waals surface area (Å²) in [4.78, 5) is 12.6. The Morgan fingerprint density at radius 1 is 1.19 bits per heavy atom. The van der Waals surface area contributed by atoms with Crippen molar-refractivity contribution in [3.63, 3.8) is 0 Å². The number of carbonyl (C=O) groups excluding carboxylic acids is 1. The molecule has 3 nitrogen and oxygen atoms in total. The van der Waals surface area contributed by atoms with Crippen LogP contribution < -0.4 is 9.67 Å². The molecule has 2 aromatic rings. The Balaban J connectivity index is 2.15. The van der Waals surface area contributed by atoms with E-state index in [0.29, 0.717) is 4.35 Å². The zero-order chi connectivity index (χ0) is 19.2. The van der Waals surface area contributed by atoms with E-state index in [1.54, 1.807) is 24.8 Å². The summed E-state index contributed by atoms with van der Waals surface area (Å²) >= 11 is 1.18. The molecule has 26 heavy (non-hydrogen) atoms. The number of halogens is 3. The van der Waals surface area contributed by atoms with E-state index in [4.69, 9.17) is 0 Å². The Morgan fingerprint density at radius 3 is 2.46 bits per heavy atom. The van der Waals surface area contributed by atoms with Gasteiger partial charge in [0.1, 0.15) is 0 Å². The first-order valence-electron chi connectivity index (χ1n) is 7.79. The predicted octanol–water partition coefficient (Wildman–Crippen LogP) is 4.53. The van der Waals surface area contributed by atoms with Crippen molar-refractivity contribution in [3.05, 3.63) is 53.6 Å². The van der Waals surface area contributed by atoms with E-state index >= 15 is 0 Å². The minimum atomic E-state index is -4.55. The van der Waals surface area contributed by atoms with E-state index in [2.05, 4.69) is 10.1 Å². The van der Waals surface area contributed by atoms with Crippen LogP contribution >= 0.6 is 11.8 Å². The number of nitrogens with one attached hydrogen (secondary N) is 1. The summed E-state index contributed by atoms with van der Waals surface area (Å²) < 4.78 is 45.3. The molecule has 1 N–H and O–H groups in total. The summed E-state index contributed by atoms with van der Waals surface area (Å²) in [5.74, 6) is 0. The van der Waals surface area contributed by atoms with Crippen LogP contribution in [0, 0.1) is 0 Å². The van der Waals surface area contributed by atoms with Crippen LogP contribution in [-0.4, -0.2) is 34.7 Å². The number of hydrogen-bond donors (Lipinski definition) is 1. The van der Waals surface area contributed by atoms with Crippen molar-refractivity contribution in [1.82, 2.24) is 0 Å². The molecule has 0 aliphatic rings. The van der Waals surface area contributed by atoms with Gasteiger partial charge >= 0.3 is 161 Å². The topological polar surface area (TPSA) is 38.3 Å². The van der Waals surface area contributed by atoms with Crippen LogP contribution in [0.25, 0.3) is 0 Å². The van der Waals surface area contributed by atoms with Crippen LogP contribution in [0.1, 0.15) is 18.1 Å². The van der Waals surface area contributed by atoms with Gasteiger partial charge in [0.05, 0.1) is 0 Å². The van der Waals surface area contributed by atoms with Gasteiger partial charge in [-0.3, -0.25) is 0 Å². The maximum atomic E-state index is 13.3. The molecule has 0 heterocycles. The molecule has 0 aliphatic carbocycles. The number of thioether (sulfide) groups is 1. The average molecular weight is 444 g/mol. The van der Waals surface area contributed by atoms with Crippen molar-refractivity contribution in [2.45, 2.75) is 23.2 Å². The Bertz CT molecular complexity index is 751. The van der Waals surface area contributed by atoms with Gasteiger partial charge in [0.15, 0.2) is 0 Å². The molecule has 2 rings (SSSR count). The molecule has 2 aromatic carbocycles. The quantitative estimate of drug-likeness (QED) is 0.526. The number of anilines is 1. The summed E-state index contributed by atoms with van der Waals surface area (Å²) in [6.45, 7) is 1.67. The number of amides is 1. The SMILES string of the molecule is CCOC(=O)Nc1ccc([As]Cc2ccc(SC)cc2)cc1C(F)(F)F. The van der Waals surface area contributed by atoms with E-state index in [9.17, 15) is 18.0 Å². The summed E-state index contributed by atoms with van der Waals surface area (Å²) in [5, 5.41) is 2.89. The van der Waals surface area contributed by atoms with Gasteiger partial charge in [-0.05, 0) is 0 Å². The summed E-state index contributed by atoms with van der Waals surface area (Å²) in [6, 6.07) is 12.1. The first-order chi connectivity index (χ1) is 12.3. The summed E-state index contributed by atoms with van der Waals surface area (Å²) in [7, 11) is 0. The van der Waals surface area contributed by atoms with Gasteiger partial charge in [-0.25, -0.2) is 0 Å². The van der Waals surface area contributed by atoms with Crippen LogP contribution in [-0.2, 0) is 16.1 Å². The van der Waals surface area contributed by atoms with E-state index in [1.165, 1.54) is 6.07 Å². The first kappa shape index (κ1) is 20.7. The van der Waals surface area contributed by atoms with Gasteiger partial charge in [0, 0.05) is 0 Å². The molecule has 1 amide bonds. The van der Waals surface area contributed by atoms with Crippen molar-refractivity contribution in [1.29, 1.82) is 0 Å². The number of benzene rings is 2. The van der Waals surface area contributed by atoms with E-state index in [1.807, 2.05) is 30.5 Å².